The number of benzene rings is 2. The van der Waals surface area contributed by atoms with Crippen LogP contribution < -0.4 is 11.3 Å². The number of nitrogens with zero attached hydrogens (tertiary/aromatic N) is 4. The highest BCUT2D eigenvalue weighted by molar-refractivity contribution is 5.85. The number of carbonyl (C=O) groups is 1. The summed E-state index contributed by atoms with van der Waals surface area (Å²) in [6.45, 7) is 2.06. The summed E-state index contributed by atoms with van der Waals surface area (Å²) < 4.78 is 1.27. The van der Waals surface area contributed by atoms with Crippen molar-refractivity contribution < 1.29 is 4.79 Å². The minimum atomic E-state index is -0.221. The van der Waals surface area contributed by atoms with Crippen LogP contribution in [0.1, 0.15) is 17.9 Å². The Morgan fingerprint density at radius 1 is 1.07 bits per heavy atom. The Morgan fingerprint density at radius 3 is 2.55 bits per heavy atom. The Balaban J connectivity index is 0.00000240. The van der Waals surface area contributed by atoms with Crippen molar-refractivity contribution in [1.82, 2.24) is 19.9 Å². The third-order valence-electron chi connectivity index (χ3n) is 5.49. The van der Waals surface area contributed by atoms with Crippen molar-refractivity contribution in [2.24, 2.45) is 11.7 Å². The van der Waals surface area contributed by atoms with E-state index >= 15 is 0 Å². The number of halogens is 1. The van der Waals surface area contributed by atoms with Crippen LogP contribution in [-0.2, 0) is 11.3 Å². The van der Waals surface area contributed by atoms with E-state index in [2.05, 4.69) is 22.4 Å². The molecule has 1 saturated heterocycles. The fraction of sp³-hybridized carbons (Fsp3) is 0.333. The molecule has 0 saturated carbocycles. The van der Waals surface area contributed by atoms with E-state index in [-0.39, 0.29) is 48.7 Å². The van der Waals surface area contributed by atoms with Gasteiger partial charge in [-0.15, -0.1) is 17.5 Å². The maximum absolute atomic E-state index is 12.8. The number of fused-ring (bicyclic) bond motifs is 1. The summed E-state index contributed by atoms with van der Waals surface area (Å²) >= 11 is 0. The molecule has 0 bridgehead atoms. The zero-order chi connectivity index (χ0) is 19.5. The standard InChI is InChI=1S/C21H23N5O2.ClH/c22-12-16-13-25(14-18(16)15-6-2-1-3-7-15)20(27)10-11-26-21(28)17-8-4-5-9-19(17)23-24-26;/h1-9,16,18H,10-14,22H2;1H/t16-,18+;/m1./s1. The van der Waals surface area contributed by atoms with Crippen LogP contribution in [0.5, 0.6) is 0 Å². The first-order valence-electron chi connectivity index (χ1n) is 9.52. The van der Waals surface area contributed by atoms with Gasteiger partial charge in [0, 0.05) is 25.4 Å². The number of likely N-dealkylation sites (tertiary alicyclic amines) is 1. The SMILES string of the molecule is Cl.NC[C@@H]1CN(C(=O)CCn2nnc3ccccc3c2=O)C[C@H]1c1ccccc1. The van der Waals surface area contributed by atoms with Crippen molar-refractivity contribution in [2.75, 3.05) is 19.6 Å². The maximum Gasteiger partial charge on any atom is 0.277 e. The second-order valence-corrected chi connectivity index (χ2v) is 7.20. The Labute approximate surface area is 174 Å². The highest BCUT2D eigenvalue weighted by Gasteiger charge is 2.35. The Bertz CT molecular complexity index is 1040. The monoisotopic (exact) mass is 413 g/mol. The van der Waals surface area contributed by atoms with E-state index in [0.29, 0.717) is 30.5 Å². The summed E-state index contributed by atoms with van der Waals surface area (Å²) in [5.74, 6) is 0.506. The number of hydrogen-bond donors (Lipinski definition) is 1. The average molecular weight is 414 g/mol. The third-order valence-corrected chi connectivity index (χ3v) is 5.49. The first-order valence-corrected chi connectivity index (χ1v) is 9.52. The fourth-order valence-corrected chi connectivity index (χ4v) is 3.92. The summed E-state index contributed by atoms with van der Waals surface area (Å²) in [5.41, 5.74) is 7.51. The number of carbonyl (C=O) groups excluding carboxylic acids is 1. The van der Waals surface area contributed by atoms with E-state index in [9.17, 15) is 9.59 Å². The van der Waals surface area contributed by atoms with Crippen LogP contribution >= 0.6 is 12.4 Å². The lowest BCUT2D eigenvalue weighted by Crippen LogP contribution is -2.32. The predicted octanol–water partition coefficient (Wildman–Crippen LogP) is 1.80. The summed E-state index contributed by atoms with van der Waals surface area (Å²) in [6.07, 6.45) is 0.214. The van der Waals surface area contributed by atoms with Gasteiger partial charge in [0.25, 0.3) is 5.56 Å². The summed E-state index contributed by atoms with van der Waals surface area (Å²) in [5, 5.41) is 8.54. The smallest absolute Gasteiger partial charge is 0.277 e. The molecule has 3 aromatic rings. The molecule has 1 aromatic heterocycles. The normalized spacial score (nSPS) is 18.6. The lowest BCUT2D eigenvalue weighted by molar-refractivity contribution is -0.130. The second kappa shape index (κ2) is 9.15. The highest BCUT2D eigenvalue weighted by atomic mass is 35.5. The van der Waals surface area contributed by atoms with Gasteiger partial charge in [-0.25, -0.2) is 4.68 Å². The van der Waals surface area contributed by atoms with Gasteiger partial charge in [0.2, 0.25) is 5.91 Å². The number of hydrogen-bond acceptors (Lipinski definition) is 5. The number of amides is 1. The summed E-state index contributed by atoms with van der Waals surface area (Å²) in [6, 6.07) is 17.3. The topological polar surface area (TPSA) is 94.1 Å². The first kappa shape index (κ1) is 21.0. The molecule has 1 aliphatic rings. The lowest BCUT2D eigenvalue weighted by atomic mass is 9.89. The van der Waals surface area contributed by atoms with Crippen LogP contribution in [-0.4, -0.2) is 45.4 Å². The van der Waals surface area contributed by atoms with Crippen molar-refractivity contribution in [3.8, 4) is 0 Å². The van der Waals surface area contributed by atoms with Gasteiger partial charge in [0.05, 0.1) is 11.9 Å². The van der Waals surface area contributed by atoms with Gasteiger partial charge >= 0.3 is 0 Å². The summed E-state index contributed by atoms with van der Waals surface area (Å²) in [7, 11) is 0. The molecule has 7 nitrogen and oxygen atoms in total. The minimum absolute atomic E-state index is 0. The Kier molecular flexibility index (Phi) is 6.61. The Morgan fingerprint density at radius 2 is 1.79 bits per heavy atom. The van der Waals surface area contributed by atoms with Crippen LogP contribution in [0, 0.1) is 5.92 Å². The van der Waals surface area contributed by atoms with E-state index in [1.54, 1.807) is 18.2 Å². The van der Waals surface area contributed by atoms with Gasteiger partial charge in [-0.1, -0.05) is 47.7 Å². The van der Waals surface area contributed by atoms with Crippen LogP contribution in [0.2, 0.25) is 0 Å². The molecule has 2 aromatic carbocycles. The van der Waals surface area contributed by atoms with E-state index < -0.39 is 0 Å². The largest absolute Gasteiger partial charge is 0.342 e. The van der Waals surface area contributed by atoms with Gasteiger partial charge < -0.3 is 10.6 Å². The van der Waals surface area contributed by atoms with Crippen molar-refractivity contribution in [3.63, 3.8) is 0 Å². The molecular formula is C21H24ClN5O2. The van der Waals surface area contributed by atoms with E-state index in [1.165, 1.54) is 10.2 Å². The molecule has 4 rings (SSSR count). The molecule has 0 unspecified atom stereocenters. The first-order chi connectivity index (χ1) is 13.7. The number of nitrogens with two attached hydrogens (primary N) is 1. The zero-order valence-electron chi connectivity index (χ0n) is 16.0. The maximum atomic E-state index is 12.8. The molecule has 0 spiro atoms. The molecule has 2 atom stereocenters. The van der Waals surface area contributed by atoms with Crippen molar-refractivity contribution in [1.29, 1.82) is 0 Å². The third kappa shape index (κ3) is 4.31. The molecule has 2 N–H and O–H groups in total. The van der Waals surface area contributed by atoms with Gasteiger partial charge in [0.15, 0.2) is 0 Å². The molecular weight excluding hydrogens is 390 g/mol. The molecule has 8 heteroatoms. The molecule has 2 heterocycles. The van der Waals surface area contributed by atoms with E-state index in [0.717, 1.165) is 0 Å². The highest BCUT2D eigenvalue weighted by Crippen LogP contribution is 2.32. The van der Waals surface area contributed by atoms with E-state index in [4.69, 9.17) is 5.73 Å². The molecule has 0 aliphatic carbocycles. The van der Waals surface area contributed by atoms with E-state index in [1.807, 2.05) is 29.2 Å². The predicted molar refractivity (Wildman–Crippen MR) is 114 cm³/mol. The van der Waals surface area contributed by atoms with Crippen molar-refractivity contribution in [2.45, 2.75) is 18.9 Å². The molecule has 1 aliphatic heterocycles. The molecule has 152 valence electrons. The fourth-order valence-electron chi connectivity index (χ4n) is 3.92. The quantitative estimate of drug-likeness (QED) is 0.688. The number of aromatic nitrogens is 3. The zero-order valence-corrected chi connectivity index (χ0v) is 16.8. The lowest BCUT2D eigenvalue weighted by Gasteiger charge is -2.17. The molecule has 29 heavy (non-hydrogen) atoms. The van der Waals surface area contributed by atoms with Gasteiger partial charge in [-0.3, -0.25) is 9.59 Å². The average Bonchev–Trinajstić information content (AvgIpc) is 3.18. The van der Waals surface area contributed by atoms with Crippen LogP contribution in [0.4, 0.5) is 0 Å². The van der Waals surface area contributed by atoms with Gasteiger partial charge in [-0.2, -0.15) is 0 Å². The van der Waals surface area contributed by atoms with Gasteiger partial charge in [-0.05, 0) is 30.2 Å². The Hall–Kier alpha value is -2.77. The molecule has 0 radical (unpaired) electrons. The van der Waals surface area contributed by atoms with Gasteiger partial charge in [0.1, 0.15) is 5.52 Å². The van der Waals surface area contributed by atoms with Crippen LogP contribution in [0.15, 0.2) is 59.4 Å². The second-order valence-electron chi connectivity index (χ2n) is 7.20. The molecule has 1 amide bonds. The van der Waals surface area contributed by atoms with Crippen LogP contribution in [0.25, 0.3) is 10.9 Å². The van der Waals surface area contributed by atoms with Crippen LogP contribution in [0.3, 0.4) is 0 Å². The van der Waals surface area contributed by atoms with Crippen molar-refractivity contribution >= 4 is 29.2 Å². The van der Waals surface area contributed by atoms with Crippen molar-refractivity contribution in [3.05, 3.63) is 70.5 Å². The molecule has 1 fully saturated rings. The number of rotatable bonds is 5. The summed E-state index contributed by atoms with van der Waals surface area (Å²) in [4.78, 5) is 27.1. The number of aryl methyl sites for hydroxylation is 1. The minimum Gasteiger partial charge on any atom is -0.342 e.